The summed E-state index contributed by atoms with van der Waals surface area (Å²) in [6, 6.07) is 10.4. The average Bonchev–Trinajstić information content (AvgIpc) is 2.72. The first-order valence-corrected chi connectivity index (χ1v) is 10.6. The van der Waals surface area contributed by atoms with E-state index in [1.54, 1.807) is 12.1 Å². The van der Waals surface area contributed by atoms with Crippen LogP contribution in [0.25, 0.3) is 28.5 Å². The van der Waals surface area contributed by atoms with Gasteiger partial charge in [0.05, 0.1) is 18.2 Å². The van der Waals surface area contributed by atoms with Gasteiger partial charge in [0.1, 0.15) is 23.1 Å². The second-order valence-electron chi connectivity index (χ2n) is 8.89. The van der Waals surface area contributed by atoms with Crippen LogP contribution < -0.4 is 14.8 Å². The molecule has 2 aliphatic rings. The second-order valence-corrected chi connectivity index (χ2v) is 8.89. The molecule has 0 bridgehead atoms. The van der Waals surface area contributed by atoms with E-state index >= 15 is 0 Å². The van der Waals surface area contributed by atoms with Crippen LogP contribution in [0.15, 0.2) is 48.5 Å². The highest BCUT2D eigenvalue weighted by atomic mass is 19.1. The Kier molecular flexibility index (Phi) is 4.71. The molecule has 0 saturated carbocycles. The zero-order valence-corrected chi connectivity index (χ0v) is 18.7. The first kappa shape index (κ1) is 21.1. The minimum absolute atomic E-state index is 0.00493. The van der Waals surface area contributed by atoms with Crippen molar-refractivity contribution in [3.63, 3.8) is 0 Å². The van der Waals surface area contributed by atoms with Gasteiger partial charge in [-0.1, -0.05) is 12.1 Å². The van der Waals surface area contributed by atoms with E-state index < -0.39 is 11.6 Å². The van der Waals surface area contributed by atoms with Crippen LogP contribution in [0.5, 0.6) is 17.2 Å². The van der Waals surface area contributed by atoms with E-state index in [1.165, 1.54) is 25.3 Å². The van der Waals surface area contributed by atoms with Crippen LogP contribution in [0.1, 0.15) is 37.5 Å². The SMILES string of the molecule is COc1c(O)ccc2c1-c1ccc3c(c1C(=Cc1cc(F)cc(F)c1)O2)C(C)=CC(C)(C)N3. The lowest BCUT2D eigenvalue weighted by atomic mass is 9.83. The minimum atomic E-state index is -0.667. The number of phenols is 1. The molecular formula is C27H23F2NO3. The maximum atomic E-state index is 13.9. The van der Waals surface area contributed by atoms with Crippen molar-refractivity contribution in [3.05, 3.63) is 76.9 Å². The van der Waals surface area contributed by atoms with Crippen molar-refractivity contribution in [1.82, 2.24) is 0 Å². The molecule has 2 N–H and O–H groups in total. The summed E-state index contributed by atoms with van der Waals surface area (Å²) in [6.07, 6.45) is 3.75. The van der Waals surface area contributed by atoms with Crippen molar-refractivity contribution in [2.45, 2.75) is 26.3 Å². The molecule has 0 radical (unpaired) electrons. The van der Waals surface area contributed by atoms with E-state index in [-0.39, 0.29) is 11.3 Å². The lowest BCUT2D eigenvalue weighted by Gasteiger charge is -2.35. The standard InChI is InChI=1S/C27H23F2NO3/c1-14-13-27(2,3)30-19-6-5-18-24(23(14)19)22(11-15-9-16(28)12-17(29)10-15)33-21-8-7-20(31)26(32-4)25(18)21/h5-13,30-31H,1-4H3. The summed E-state index contributed by atoms with van der Waals surface area (Å²) in [6.45, 7) is 6.19. The van der Waals surface area contributed by atoms with Gasteiger partial charge in [-0.25, -0.2) is 8.78 Å². The fourth-order valence-electron chi connectivity index (χ4n) is 4.76. The molecular weight excluding hydrogens is 424 g/mol. The molecule has 0 aromatic heterocycles. The fraction of sp³-hybridized carbons (Fsp3) is 0.185. The third-order valence-corrected chi connectivity index (χ3v) is 5.85. The van der Waals surface area contributed by atoms with Crippen molar-refractivity contribution >= 4 is 23.1 Å². The number of rotatable bonds is 2. The van der Waals surface area contributed by atoms with Gasteiger partial charge in [-0.3, -0.25) is 0 Å². The smallest absolute Gasteiger partial charge is 0.172 e. The van der Waals surface area contributed by atoms with Crippen molar-refractivity contribution in [2.24, 2.45) is 0 Å². The molecule has 168 valence electrons. The Balaban J connectivity index is 1.84. The van der Waals surface area contributed by atoms with E-state index in [2.05, 4.69) is 25.2 Å². The Morgan fingerprint density at radius 2 is 1.73 bits per heavy atom. The van der Waals surface area contributed by atoms with E-state index in [9.17, 15) is 13.9 Å². The maximum Gasteiger partial charge on any atom is 0.172 e. The van der Waals surface area contributed by atoms with Crippen LogP contribution in [-0.2, 0) is 0 Å². The van der Waals surface area contributed by atoms with Crippen LogP contribution in [0.3, 0.4) is 0 Å². The summed E-state index contributed by atoms with van der Waals surface area (Å²) in [5, 5.41) is 13.9. The highest BCUT2D eigenvalue weighted by molar-refractivity contribution is 6.02. The van der Waals surface area contributed by atoms with Crippen LogP contribution in [0, 0.1) is 11.6 Å². The van der Waals surface area contributed by atoms with Crippen LogP contribution >= 0.6 is 0 Å². The molecule has 0 aliphatic carbocycles. The van der Waals surface area contributed by atoms with Gasteiger partial charge in [-0.15, -0.1) is 0 Å². The molecule has 33 heavy (non-hydrogen) atoms. The van der Waals surface area contributed by atoms with Gasteiger partial charge in [-0.2, -0.15) is 0 Å². The Morgan fingerprint density at radius 3 is 2.42 bits per heavy atom. The highest BCUT2D eigenvalue weighted by Crippen LogP contribution is 2.54. The Bertz CT molecular complexity index is 1350. The van der Waals surface area contributed by atoms with Gasteiger partial charge >= 0.3 is 0 Å². The number of ether oxygens (including phenoxy) is 2. The van der Waals surface area contributed by atoms with Crippen LogP contribution in [-0.4, -0.2) is 17.8 Å². The topological polar surface area (TPSA) is 50.7 Å². The number of aromatic hydroxyl groups is 1. The quantitative estimate of drug-likeness (QED) is 0.451. The number of halogens is 2. The Labute approximate surface area is 190 Å². The molecule has 2 heterocycles. The van der Waals surface area contributed by atoms with Gasteiger partial charge < -0.3 is 19.9 Å². The molecule has 0 spiro atoms. The lowest BCUT2D eigenvalue weighted by Crippen LogP contribution is -2.32. The zero-order chi connectivity index (χ0) is 23.5. The number of nitrogens with one attached hydrogen (secondary N) is 1. The number of methoxy groups -OCH3 is 1. The first-order valence-electron chi connectivity index (χ1n) is 10.6. The molecule has 0 amide bonds. The number of fused-ring (bicyclic) bond motifs is 5. The number of hydrogen-bond acceptors (Lipinski definition) is 4. The summed E-state index contributed by atoms with van der Waals surface area (Å²) in [5.74, 6) is -0.115. The summed E-state index contributed by atoms with van der Waals surface area (Å²) in [5.41, 5.74) is 5.14. The van der Waals surface area contributed by atoms with Crippen molar-refractivity contribution in [1.29, 1.82) is 0 Å². The molecule has 4 nitrogen and oxygen atoms in total. The molecule has 2 aliphatic heterocycles. The zero-order valence-electron chi connectivity index (χ0n) is 18.7. The van der Waals surface area contributed by atoms with E-state index in [4.69, 9.17) is 9.47 Å². The number of hydrogen-bond donors (Lipinski definition) is 2. The molecule has 0 unspecified atom stereocenters. The second kappa shape index (κ2) is 7.37. The first-order chi connectivity index (χ1) is 15.7. The fourth-order valence-corrected chi connectivity index (χ4v) is 4.76. The Hall–Kier alpha value is -3.80. The van der Waals surface area contributed by atoms with Crippen LogP contribution in [0.4, 0.5) is 14.5 Å². The molecule has 3 aromatic carbocycles. The minimum Gasteiger partial charge on any atom is -0.504 e. The number of allylic oxidation sites excluding steroid dienone is 1. The molecule has 3 aromatic rings. The van der Waals surface area contributed by atoms with Crippen molar-refractivity contribution < 1.29 is 23.4 Å². The molecule has 5 rings (SSSR count). The van der Waals surface area contributed by atoms with E-state index in [0.29, 0.717) is 28.4 Å². The lowest BCUT2D eigenvalue weighted by molar-refractivity contribution is 0.371. The normalized spacial score (nSPS) is 16.7. The van der Waals surface area contributed by atoms with Gasteiger partial charge in [0.2, 0.25) is 0 Å². The molecule has 0 saturated heterocycles. The predicted molar refractivity (Wildman–Crippen MR) is 126 cm³/mol. The monoisotopic (exact) mass is 447 g/mol. The summed E-state index contributed by atoms with van der Waals surface area (Å²) in [4.78, 5) is 0. The number of phenolic OH excluding ortho intramolecular Hbond substituents is 1. The third kappa shape index (κ3) is 3.52. The summed E-state index contributed by atoms with van der Waals surface area (Å²) in [7, 11) is 1.49. The Morgan fingerprint density at radius 1 is 1.00 bits per heavy atom. The van der Waals surface area contributed by atoms with Gasteiger partial charge in [0, 0.05) is 28.4 Å². The average molecular weight is 447 g/mol. The summed E-state index contributed by atoms with van der Waals surface area (Å²) < 4.78 is 39.6. The largest absolute Gasteiger partial charge is 0.504 e. The van der Waals surface area contributed by atoms with Gasteiger partial charge in [-0.05, 0) is 68.3 Å². The molecule has 6 heteroatoms. The van der Waals surface area contributed by atoms with Gasteiger partial charge in [0.15, 0.2) is 11.5 Å². The van der Waals surface area contributed by atoms with E-state index in [0.717, 1.165) is 34.0 Å². The summed E-state index contributed by atoms with van der Waals surface area (Å²) >= 11 is 0. The highest BCUT2D eigenvalue weighted by Gasteiger charge is 2.33. The molecule has 0 atom stereocenters. The van der Waals surface area contributed by atoms with E-state index in [1.807, 2.05) is 19.1 Å². The van der Waals surface area contributed by atoms with Gasteiger partial charge in [0.25, 0.3) is 0 Å². The molecule has 0 fully saturated rings. The third-order valence-electron chi connectivity index (χ3n) is 5.85. The maximum absolute atomic E-state index is 13.9. The number of benzene rings is 3. The van der Waals surface area contributed by atoms with Crippen molar-refractivity contribution in [3.8, 4) is 28.4 Å². The van der Waals surface area contributed by atoms with Crippen molar-refractivity contribution in [2.75, 3.05) is 12.4 Å². The predicted octanol–water partition coefficient (Wildman–Crippen LogP) is 6.84. The number of anilines is 1. The van der Waals surface area contributed by atoms with Crippen LogP contribution in [0.2, 0.25) is 0 Å².